The van der Waals surface area contributed by atoms with E-state index >= 15 is 0 Å². The molecule has 0 bridgehead atoms. The summed E-state index contributed by atoms with van der Waals surface area (Å²) < 4.78 is 5.68. The van der Waals surface area contributed by atoms with Crippen LogP contribution < -0.4 is 5.30 Å². The van der Waals surface area contributed by atoms with E-state index in [4.69, 9.17) is 16.8 Å². The van der Waals surface area contributed by atoms with Crippen molar-refractivity contribution in [3.63, 3.8) is 0 Å². The van der Waals surface area contributed by atoms with Gasteiger partial charge in [0.2, 0.25) is 0 Å². The van der Waals surface area contributed by atoms with Gasteiger partial charge < -0.3 is 17.4 Å². The van der Waals surface area contributed by atoms with E-state index in [0.717, 1.165) is 10.9 Å². The van der Waals surface area contributed by atoms with Crippen LogP contribution in [0.1, 0.15) is 11.1 Å². The average molecular weight is 304 g/mol. The van der Waals surface area contributed by atoms with Crippen molar-refractivity contribution in [2.24, 2.45) is 0 Å². The van der Waals surface area contributed by atoms with Gasteiger partial charge in [0, 0.05) is 6.42 Å². The first-order valence-corrected chi connectivity index (χ1v) is 9.49. The number of rotatable bonds is 4. The maximum atomic E-state index is 10.9. The fourth-order valence-electron chi connectivity index (χ4n) is 2.83. The molecule has 2 atom stereocenters. The fraction of sp³-hybridized carbons (Fsp3) is 0.250. The van der Waals surface area contributed by atoms with Gasteiger partial charge in [0.15, 0.2) is 0 Å². The zero-order chi connectivity index (χ0) is 14.2. The standard InChI is InChI=1S/C16H17O2PS/c1-18-19(20,14-8-3-2-4-9-14)12-16(17)11-13-7-5-6-10-15(13)16/h2-10,17H,11-12H2,1H3. The van der Waals surface area contributed by atoms with Crippen LogP contribution in [0.4, 0.5) is 0 Å². The Morgan fingerprint density at radius 2 is 1.80 bits per heavy atom. The van der Waals surface area contributed by atoms with Crippen LogP contribution in [0.5, 0.6) is 0 Å². The van der Waals surface area contributed by atoms with Gasteiger partial charge >= 0.3 is 0 Å². The first-order chi connectivity index (χ1) is 9.57. The smallest absolute Gasteiger partial charge is 0.128 e. The topological polar surface area (TPSA) is 29.5 Å². The zero-order valence-electron chi connectivity index (χ0n) is 11.3. The van der Waals surface area contributed by atoms with Crippen LogP contribution in [0.3, 0.4) is 0 Å². The Bertz CT molecular complexity index is 619. The first kappa shape index (κ1) is 14.1. The lowest BCUT2D eigenvalue weighted by Crippen LogP contribution is -2.43. The van der Waals surface area contributed by atoms with Gasteiger partial charge in [0.1, 0.15) is 17.1 Å². The van der Waals surface area contributed by atoms with Crippen LogP contribution >= 0.6 is 6.69 Å². The molecule has 0 spiro atoms. The SMILES string of the molecule is CO[P+]([S-])(CC1(O)Cc2ccccc21)c1ccccc1. The number of fused-ring (bicyclic) bond motifs is 1. The minimum atomic E-state index is -2.21. The summed E-state index contributed by atoms with van der Waals surface area (Å²) in [6.07, 6.45) is 1.16. The quantitative estimate of drug-likeness (QED) is 0.696. The second kappa shape index (κ2) is 5.16. The molecule has 4 heteroatoms. The van der Waals surface area contributed by atoms with Gasteiger partial charge in [-0.15, -0.1) is 0 Å². The van der Waals surface area contributed by atoms with Crippen molar-refractivity contribution in [2.75, 3.05) is 13.3 Å². The molecule has 2 unspecified atom stereocenters. The predicted octanol–water partition coefficient (Wildman–Crippen LogP) is 2.80. The van der Waals surface area contributed by atoms with E-state index in [0.29, 0.717) is 12.6 Å². The molecule has 0 heterocycles. The molecule has 0 aromatic heterocycles. The Hall–Kier alpha value is -0.860. The third-order valence-electron chi connectivity index (χ3n) is 3.92. The summed E-state index contributed by atoms with van der Waals surface area (Å²) in [7, 11) is 1.65. The highest BCUT2D eigenvalue weighted by Crippen LogP contribution is 2.61. The molecule has 0 fully saturated rings. The number of hydrogen-bond donors (Lipinski definition) is 1. The lowest BCUT2D eigenvalue weighted by Gasteiger charge is -2.43. The van der Waals surface area contributed by atoms with E-state index < -0.39 is 12.3 Å². The molecule has 3 rings (SSSR count). The molecule has 0 aliphatic heterocycles. The largest absolute Gasteiger partial charge is 0.519 e. The number of benzene rings is 2. The first-order valence-electron chi connectivity index (χ1n) is 6.59. The third-order valence-corrected chi connectivity index (χ3v) is 8.00. The molecule has 1 aliphatic rings. The van der Waals surface area contributed by atoms with Crippen molar-refractivity contribution in [1.82, 2.24) is 0 Å². The van der Waals surface area contributed by atoms with Crippen LogP contribution in [0.25, 0.3) is 0 Å². The summed E-state index contributed by atoms with van der Waals surface area (Å²) in [6, 6.07) is 17.9. The monoisotopic (exact) mass is 304 g/mol. The molecule has 0 saturated heterocycles. The normalized spacial score (nSPS) is 23.6. The van der Waals surface area contributed by atoms with Crippen molar-refractivity contribution in [1.29, 1.82) is 0 Å². The molecule has 0 saturated carbocycles. The van der Waals surface area contributed by atoms with Gasteiger partial charge in [-0.25, -0.2) is 0 Å². The van der Waals surface area contributed by atoms with Gasteiger partial charge in [0.05, 0.1) is 13.8 Å². The van der Waals surface area contributed by atoms with E-state index in [9.17, 15) is 5.11 Å². The minimum Gasteiger partial charge on any atom is -0.519 e. The number of hydrogen-bond acceptors (Lipinski definition) is 3. The molecule has 2 aromatic rings. The second-order valence-corrected chi connectivity index (χ2v) is 9.53. The maximum Gasteiger partial charge on any atom is 0.128 e. The summed E-state index contributed by atoms with van der Waals surface area (Å²) in [6.45, 7) is -2.21. The molecular formula is C16H17O2PS. The molecule has 2 aromatic carbocycles. The predicted molar refractivity (Wildman–Crippen MR) is 86.3 cm³/mol. The lowest BCUT2D eigenvalue weighted by atomic mass is 9.75. The molecule has 20 heavy (non-hydrogen) atoms. The summed E-state index contributed by atoms with van der Waals surface area (Å²) in [5.41, 5.74) is 1.38. The summed E-state index contributed by atoms with van der Waals surface area (Å²) in [5, 5.41) is 11.9. The Labute approximate surface area is 125 Å². The van der Waals surface area contributed by atoms with Gasteiger partial charge in [-0.05, 0) is 23.3 Å². The van der Waals surface area contributed by atoms with Gasteiger partial charge in [-0.3, -0.25) is 4.52 Å². The molecule has 0 radical (unpaired) electrons. The Morgan fingerprint density at radius 3 is 2.45 bits per heavy atom. The molecular weight excluding hydrogens is 287 g/mol. The van der Waals surface area contributed by atoms with Crippen molar-refractivity contribution >= 4 is 24.2 Å². The van der Waals surface area contributed by atoms with E-state index in [1.54, 1.807) is 7.11 Å². The van der Waals surface area contributed by atoms with Crippen molar-refractivity contribution in [3.8, 4) is 0 Å². The zero-order valence-corrected chi connectivity index (χ0v) is 13.0. The Kier molecular flexibility index (Phi) is 3.64. The Morgan fingerprint density at radius 1 is 1.15 bits per heavy atom. The van der Waals surface area contributed by atoms with E-state index in [2.05, 4.69) is 6.07 Å². The number of aliphatic hydroxyl groups is 1. The minimum absolute atomic E-state index is 0.493. The molecule has 0 amide bonds. The summed E-state index contributed by atoms with van der Waals surface area (Å²) in [5.74, 6) is 0. The van der Waals surface area contributed by atoms with Crippen LogP contribution in [-0.2, 0) is 28.8 Å². The van der Waals surface area contributed by atoms with Crippen LogP contribution in [0.2, 0.25) is 0 Å². The van der Waals surface area contributed by atoms with E-state index in [-0.39, 0.29) is 0 Å². The molecule has 1 aliphatic carbocycles. The highest BCUT2D eigenvalue weighted by atomic mass is 32.7. The Balaban J connectivity index is 1.91. The maximum absolute atomic E-state index is 10.9. The van der Waals surface area contributed by atoms with Crippen LogP contribution in [0, 0.1) is 0 Å². The summed E-state index contributed by atoms with van der Waals surface area (Å²) in [4.78, 5) is 0. The molecule has 2 nitrogen and oxygen atoms in total. The second-order valence-electron chi connectivity index (χ2n) is 5.22. The lowest BCUT2D eigenvalue weighted by molar-refractivity contribution is 0.0354. The van der Waals surface area contributed by atoms with Gasteiger partial charge in [-0.1, -0.05) is 42.5 Å². The average Bonchev–Trinajstić information content (AvgIpc) is 2.47. The van der Waals surface area contributed by atoms with Crippen LogP contribution in [0.15, 0.2) is 54.6 Å². The van der Waals surface area contributed by atoms with Crippen LogP contribution in [-0.4, -0.2) is 18.4 Å². The van der Waals surface area contributed by atoms with Gasteiger partial charge in [-0.2, -0.15) is 0 Å². The highest BCUT2D eigenvalue weighted by Gasteiger charge is 2.48. The summed E-state index contributed by atoms with van der Waals surface area (Å²) >= 11 is 5.78. The third kappa shape index (κ3) is 2.29. The van der Waals surface area contributed by atoms with Crippen molar-refractivity contribution in [2.45, 2.75) is 12.0 Å². The van der Waals surface area contributed by atoms with Gasteiger partial charge in [0.25, 0.3) is 0 Å². The van der Waals surface area contributed by atoms with E-state index in [1.165, 1.54) is 5.56 Å². The van der Waals surface area contributed by atoms with E-state index in [1.807, 2.05) is 48.5 Å². The molecule has 104 valence electrons. The fourth-order valence-corrected chi connectivity index (χ4v) is 5.96. The van der Waals surface area contributed by atoms with Crippen molar-refractivity contribution in [3.05, 3.63) is 65.7 Å². The molecule has 1 N–H and O–H groups in total. The highest BCUT2D eigenvalue weighted by molar-refractivity contribution is 8.43. The van der Waals surface area contributed by atoms with Crippen molar-refractivity contribution < 1.29 is 9.63 Å².